The van der Waals surface area contributed by atoms with Crippen molar-refractivity contribution < 1.29 is 9.90 Å². The summed E-state index contributed by atoms with van der Waals surface area (Å²) in [6, 6.07) is 2.26. The van der Waals surface area contributed by atoms with E-state index in [9.17, 15) is 9.90 Å². The second-order valence-corrected chi connectivity index (χ2v) is 8.75. The van der Waals surface area contributed by atoms with Crippen molar-refractivity contribution in [3.63, 3.8) is 0 Å². The summed E-state index contributed by atoms with van der Waals surface area (Å²) >= 11 is 6.06. The number of hydrogen-bond donors (Lipinski definition) is 1. The number of likely N-dealkylation sites (tertiary alicyclic amines) is 1. The van der Waals surface area contributed by atoms with Crippen LogP contribution in [0.1, 0.15) is 50.5 Å². The number of aromatic nitrogens is 1. The molecule has 0 bridgehead atoms. The first-order valence-electron chi connectivity index (χ1n) is 9.85. The molecular formula is C20H28ClN3O2. The number of nitrogens with zero attached hydrogens (tertiary/aromatic N) is 3. The molecule has 0 unspecified atom stereocenters. The molecule has 1 N–H and O–H groups in total. The van der Waals surface area contributed by atoms with Crippen molar-refractivity contribution in [3.05, 3.63) is 22.8 Å². The number of amides is 1. The van der Waals surface area contributed by atoms with Crippen molar-refractivity contribution in [3.8, 4) is 0 Å². The van der Waals surface area contributed by atoms with E-state index in [0.29, 0.717) is 17.0 Å². The van der Waals surface area contributed by atoms with Crippen LogP contribution in [0.25, 0.3) is 0 Å². The number of piperidine rings is 1. The molecule has 0 radical (unpaired) electrons. The Kier molecular flexibility index (Phi) is 4.86. The lowest BCUT2D eigenvalue weighted by molar-refractivity contribution is -0.139. The van der Waals surface area contributed by atoms with Crippen LogP contribution in [0.2, 0.25) is 5.02 Å². The summed E-state index contributed by atoms with van der Waals surface area (Å²) in [5.41, 5.74) is 0.806. The minimum Gasteiger partial charge on any atom is -0.393 e. The average Bonchev–Trinajstić information content (AvgIpc) is 2.92. The molecule has 4 rings (SSSR count). The van der Waals surface area contributed by atoms with E-state index in [0.717, 1.165) is 76.0 Å². The van der Waals surface area contributed by atoms with E-state index in [1.807, 2.05) is 13.0 Å². The van der Waals surface area contributed by atoms with E-state index in [-0.39, 0.29) is 11.5 Å². The lowest BCUT2D eigenvalue weighted by Gasteiger charge is -2.41. The molecule has 1 amide bonds. The maximum absolute atomic E-state index is 13.4. The maximum atomic E-state index is 13.4. The Bertz CT molecular complexity index is 690. The van der Waals surface area contributed by atoms with Crippen molar-refractivity contribution in [2.24, 2.45) is 5.41 Å². The third kappa shape index (κ3) is 3.20. The Morgan fingerprint density at radius 1 is 1.23 bits per heavy atom. The van der Waals surface area contributed by atoms with Crippen LogP contribution in [0.4, 0.5) is 5.82 Å². The zero-order chi connectivity index (χ0) is 18.3. The number of carbonyl (C=O) groups excluding carboxylic acids is 1. The standard InChI is InChI=1S/C20H28ClN3O2/c1-14-11-15(21)12-22-18(14)23-9-2-7-20(13-23)8-10-24(19(20)26)16-3-5-17(25)6-4-16/h11-12,16-17,25H,2-10,13H2,1H3/t16-,17-,20-/m0/s1. The number of halogens is 1. The first kappa shape index (κ1) is 18.1. The van der Waals surface area contributed by atoms with Crippen molar-refractivity contribution in [2.75, 3.05) is 24.5 Å². The molecule has 142 valence electrons. The highest BCUT2D eigenvalue weighted by Gasteiger charge is 2.50. The highest BCUT2D eigenvalue weighted by atomic mass is 35.5. The van der Waals surface area contributed by atoms with Crippen LogP contribution in [0.3, 0.4) is 0 Å². The van der Waals surface area contributed by atoms with Gasteiger partial charge in [0.15, 0.2) is 0 Å². The summed E-state index contributed by atoms with van der Waals surface area (Å²) in [4.78, 5) is 22.3. The number of aryl methyl sites for hydroxylation is 1. The van der Waals surface area contributed by atoms with E-state index < -0.39 is 0 Å². The summed E-state index contributed by atoms with van der Waals surface area (Å²) in [6.45, 7) is 4.60. The van der Waals surface area contributed by atoms with Crippen LogP contribution in [0, 0.1) is 12.3 Å². The molecule has 3 aliphatic rings. The maximum Gasteiger partial charge on any atom is 0.230 e. The van der Waals surface area contributed by atoms with Gasteiger partial charge in [0, 0.05) is 31.9 Å². The zero-order valence-corrected chi connectivity index (χ0v) is 16.2. The van der Waals surface area contributed by atoms with Gasteiger partial charge in [0.05, 0.1) is 16.5 Å². The van der Waals surface area contributed by atoms with Crippen LogP contribution in [0.15, 0.2) is 12.3 Å². The number of rotatable bonds is 2. The van der Waals surface area contributed by atoms with Gasteiger partial charge in [0.1, 0.15) is 5.82 Å². The molecule has 2 aliphatic heterocycles. The van der Waals surface area contributed by atoms with E-state index in [1.54, 1.807) is 6.20 Å². The lowest BCUT2D eigenvalue weighted by atomic mass is 9.78. The topological polar surface area (TPSA) is 56.7 Å². The van der Waals surface area contributed by atoms with Crippen molar-refractivity contribution >= 4 is 23.3 Å². The average molecular weight is 378 g/mol. The van der Waals surface area contributed by atoms with E-state index in [2.05, 4.69) is 14.8 Å². The van der Waals surface area contributed by atoms with Crippen molar-refractivity contribution in [2.45, 2.75) is 64.0 Å². The van der Waals surface area contributed by atoms with Gasteiger partial charge in [-0.05, 0) is 63.5 Å². The second kappa shape index (κ2) is 7.01. The molecule has 0 aromatic carbocycles. The minimum atomic E-state index is -0.262. The fourth-order valence-corrected chi connectivity index (χ4v) is 5.33. The minimum absolute atomic E-state index is 0.179. The molecular weight excluding hydrogens is 350 g/mol. The molecule has 3 heterocycles. The Labute approximate surface area is 160 Å². The van der Waals surface area contributed by atoms with E-state index in [4.69, 9.17) is 11.6 Å². The first-order chi connectivity index (χ1) is 12.5. The summed E-state index contributed by atoms with van der Waals surface area (Å²) in [6.07, 6.45) is 7.96. The molecule has 6 heteroatoms. The van der Waals surface area contributed by atoms with E-state index in [1.165, 1.54) is 0 Å². The normalized spacial score (nSPS) is 32.5. The molecule has 5 nitrogen and oxygen atoms in total. The number of aliphatic hydroxyl groups is 1. The Hall–Kier alpha value is -1.33. The SMILES string of the molecule is Cc1cc(Cl)cnc1N1CCC[C@]2(CCN([C@H]3CC[C@H](O)CC3)C2=O)C1. The number of carbonyl (C=O) groups is 1. The van der Waals surface area contributed by atoms with Crippen LogP contribution < -0.4 is 4.90 Å². The predicted molar refractivity (Wildman–Crippen MR) is 102 cm³/mol. The molecule has 1 spiro atoms. The van der Waals surface area contributed by atoms with Gasteiger partial charge in [0.2, 0.25) is 5.91 Å². The van der Waals surface area contributed by atoms with Gasteiger partial charge < -0.3 is 14.9 Å². The molecule has 26 heavy (non-hydrogen) atoms. The molecule has 1 saturated carbocycles. The van der Waals surface area contributed by atoms with Gasteiger partial charge >= 0.3 is 0 Å². The monoisotopic (exact) mass is 377 g/mol. The van der Waals surface area contributed by atoms with Crippen molar-refractivity contribution in [1.29, 1.82) is 0 Å². The van der Waals surface area contributed by atoms with Crippen LogP contribution in [0.5, 0.6) is 0 Å². The number of aliphatic hydroxyl groups excluding tert-OH is 1. The quantitative estimate of drug-likeness (QED) is 0.860. The summed E-state index contributed by atoms with van der Waals surface area (Å²) in [7, 11) is 0. The summed E-state index contributed by atoms with van der Waals surface area (Å²) in [5, 5.41) is 10.4. The number of hydrogen-bond acceptors (Lipinski definition) is 4. The largest absolute Gasteiger partial charge is 0.393 e. The van der Waals surface area contributed by atoms with Gasteiger partial charge in [-0.1, -0.05) is 11.6 Å². The predicted octanol–water partition coefficient (Wildman–Crippen LogP) is 3.17. The highest BCUT2D eigenvalue weighted by molar-refractivity contribution is 6.30. The third-order valence-corrected chi connectivity index (χ3v) is 6.75. The zero-order valence-electron chi connectivity index (χ0n) is 15.5. The van der Waals surface area contributed by atoms with Crippen LogP contribution in [-0.2, 0) is 4.79 Å². The first-order valence-corrected chi connectivity index (χ1v) is 10.2. The lowest BCUT2D eigenvalue weighted by Crippen LogP contribution is -2.50. The fourth-order valence-electron chi connectivity index (χ4n) is 5.12. The molecule has 3 fully saturated rings. The van der Waals surface area contributed by atoms with Crippen molar-refractivity contribution in [1.82, 2.24) is 9.88 Å². The van der Waals surface area contributed by atoms with E-state index >= 15 is 0 Å². The smallest absolute Gasteiger partial charge is 0.230 e. The molecule has 1 aromatic rings. The molecule has 1 atom stereocenters. The Balaban J connectivity index is 1.50. The van der Waals surface area contributed by atoms with Crippen LogP contribution >= 0.6 is 11.6 Å². The number of anilines is 1. The van der Waals surface area contributed by atoms with Gasteiger partial charge in [-0.25, -0.2) is 4.98 Å². The summed E-state index contributed by atoms with van der Waals surface area (Å²) in [5.74, 6) is 1.29. The number of pyridine rings is 1. The van der Waals surface area contributed by atoms with Gasteiger partial charge in [-0.2, -0.15) is 0 Å². The van der Waals surface area contributed by atoms with Crippen LogP contribution in [-0.4, -0.2) is 52.7 Å². The second-order valence-electron chi connectivity index (χ2n) is 8.31. The third-order valence-electron chi connectivity index (χ3n) is 6.55. The molecule has 1 aliphatic carbocycles. The van der Waals surface area contributed by atoms with Gasteiger partial charge in [-0.3, -0.25) is 4.79 Å². The fraction of sp³-hybridized carbons (Fsp3) is 0.700. The molecule has 2 saturated heterocycles. The Morgan fingerprint density at radius 2 is 2.00 bits per heavy atom. The van der Waals surface area contributed by atoms with Gasteiger partial charge in [0.25, 0.3) is 0 Å². The Morgan fingerprint density at radius 3 is 2.73 bits per heavy atom. The highest BCUT2D eigenvalue weighted by Crippen LogP contribution is 2.43. The summed E-state index contributed by atoms with van der Waals surface area (Å²) < 4.78 is 0. The van der Waals surface area contributed by atoms with Gasteiger partial charge in [-0.15, -0.1) is 0 Å². The molecule has 1 aromatic heterocycles.